The number of unbranched alkanes of at least 4 members (excludes halogenated alkanes) is 1. The fourth-order valence-corrected chi connectivity index (χ4v) is 4.18. The Kier molecular flexibility index (Phi) is 7.07. The average Bonchev–Trinajstić information content (AvgIpc) is 3.39. The Morgan fingerprint density at radius 2 is 1.87 bits per heavy atom. The zero-order valence-electron chi connectivity index (χ0n) is 20.2. The second-order valence-electron chi connectivity index (χ2n) is 8.86. The van der Waals surface area contributed by atoms with Crippen molar-refractivity contribution in [1.82, 2.24) is 19.9 Å². The van der Waals surface area contributed by atoms with Crippen LogP contribution >= 0.6 is 0 Å². The van der Waals surface area contributed by atoms with E-state index in [2.05, 4.69) is 20.7 Å². The van der Waals surface area contributed by atoms with Gasteiger partial charge in [-0.3, -0.25) is 14.4 Å². The molecule has 2 aromatic heterocycles. The molecule has 194 valence electrons. The second-order valence-corrected chi connectivity index (χ2v) is 8.86. The zero-order chi connectivity index (χ0) is 26.6. The van der Waals surface area contributed by atoms with Crippen LogP contribution in [0.3, 0.4) is 0 Å². The number of halogens is 2. The number of fused-ring (bicyclic) bond motifs is 2. The number of hydrogen-bond donors (Lipinski definition) is 2. The van der Waals surface area contributed by atoms with Crippen molar-refractivity contribution in [2.45, 2.75) is 32.2 Å². The predicted octanol–water partition coefficient (Wildman–Crippen LogP) is 3.86. The molecule has 11 heteroatoms. The third-order valence-corrected chi connectivity index (χ3v) is 6.11. The number of aromatic nitrogens is 3. The number of nitrogens with zero attached hydrogens (tertiary/aromatic N) is 3. The first kappa shape index (κ1) is 25.0. The molecule has 1 aliphatic rings. The Hall–Kier alpha value is -4.67. The molecule has 0 saturated heterocycles. The number of carbonyl (C=O) groups excluding carboxylic acids is 3. The van der Waals surface area contributed by atoms with E-state index in [1.54, 1.807) is 24.3 Å². The van der Waals surface area contributed by atoms with E-state index in [1.165, 1.54) is 22.8 Å². The summed E-state index contributed by atoms with van der Waals surface area (Å²) in [5.41, 5.74) is 2.58. The number of nitrogens with one attached hydrogen (secondary N) is 2. The highest BCUT2D eigenvalue weighted by Crippen LogP contribution is 2.28. The predicted molar refractivity (Wildman–Crippen MR) is 133 cm³/mol. The molecular formula is C27H23F2N5O4. The smallest absolute Gasteiger partial charge is 0.270 e. The minimum absolute atomic E-state index is 0.0406. The summed E-state index contributed by atoms with van der Waals surface area (Å²) in [7, 11) is 0. The van der Waals surface area contributed by atoms with Gasteiger partial charge in [0, 0.05) is 19.0 Å². The van der Waals surface area contributed by atoms with Crippen LogP contribution in [0.5, 0.6) is 5.75 Å². The molecule has 0 aliphatic carbocycles. The van der Waals surface area contributed by atoms with Crippen molar-refractivity contribution in [1.29, 1.82) is 0 Å². The highest BCUT2D eigenvalue weighted by atomic mass is 19.2. The van der Waals surface area contributed by atoms with E-state index in [9.17, 15) is 23.2 Å². The van der Waals surface area contributed by atoms with Gasteiger partial charge in [-0.15, -0.1) is 0 Å². The lowest BCUT2D eigenvalue weighted by Crippen LogP contribution is -2.27. The summed E-state index contributed by atoms with van der Waals surface area (Å²) in [4.78, 5) is 41.8. The molecule has 38 heavy (non-hydrogen) atoms. The fraction of sp³-hybridized carbons (Fsp3) is 0.222. The molecule has 0 radical (unpaired) electrons. The summed E-state index contributed by atoms with van der Waals surface area (Å²) < 4.78 is 33.2. The molecule has 4 aromatic rings. The Morgan fingerprint density at radius 3 is 2.71 bits per heavy atom. The first-order valence-corrected chi connectivity index (χ1v) is 12.0. The van der Waals surface area contributed by atoms with Crippen LogP contribution in [0, 0.1) is 11.6 Å². The molecule has 0 bridgehead atoms. The maximum Gasteiger partial charge on any atom is 0.270 e. The van der Waals surface area contributed by atoms with Gasteiger partial charge in [-0.1, -0.05) is 12.1 Å². The van der Waals surface area contributed by atoms with E-state index in [0.29, 0.717) is 41.9 Å². The van der Waals surface area contributed by atoms with Gasteiger partial charge in [0.1, 0.15) is 17.1 Å². The highest BCUT2D eigenvalue weighted by Gasteiger charge is 2.19. The summed E-state index contributed by atoms with van der Waals surface area (Å²) >= 11 is 0. The van der Waals surface area contributed by atoms with E-state index in [0.717, 1.165) is 17.7 Å². The van der Waals surface area contributed by atoms with Crippen LogP contribution in [-0.4, -0.2) is 38.8 Å². The molecule has 0 atom stereocenters. The standard InChI is InChI=1S/C27H23F2N5O4/c28-18-7-5-16(11-19(18)29)3-1-2-4-23(35)22-13-21(32-25-9-10-31-34(22)25)27(37)30-14-17-6-8-24-20(12-17)33-26(36)15-38-24/h5-13H,1-4,14-15H2,(H,30,37)(H,33,36). The third-order valence-electron chi connectivity index (χ3n) is 6.11. The molecule has 2 amide bonds. The lowest BCUT2D eigenvalue weighted by Gasteiger charge is -2.18. The van der Waals surface area contributed by atoms with Crippen molar-refractivity contribution < 1.29 is 27.9 Å². The number of ether oxygens (including phenoxy) is 1. The van der Waals surface area contributed by atoms with Crippen LogP contribution in [0.2, 0.25) is 0 Å². The maximum absolute atomic E-state index is 13.4. The van der Waals surface area contributed by atoms with Crippen molar-refractivity contribution in [3.63, 3.8) is 0 Å². The molecule has 2 N–H and O–H groups in total. The van der Waals surface area contributed by atoms with Crippen LogP contribution in [0.25, 0.3) is 5.65 Å². The van der Waals surface area contributed by atoms with Gasteiger partial charge in [0.2, 0.25) is 0 Å². The van der Waals surface area contributed by atoms with Crippen molar-refractivity contribution in [3.8, 4) is 5.75 Å². The topological polar surface area (TPSA) is 115 Å². The van der Waals surface area contributed by atoms with Crippen LogP contribution in [0.1, 0.15) is 51.4 Å². The van der Waals surface area contributed by atoms with Crippen LogP contribution in [-0.2, 0) is 17.8 Å². The number of hydrogen-bond acceptors (Lipinski definition) is 6. The van der Waals surface area contributed by atoms with E-state index >= 15 is 0 Å². The van der Waals surface area contributed by atoms with Crippen molar-refractivity contribution in [2.75, 3.05) is 11.9 Å². The molecule has 0 saturated carbocycles. The molecule has 0 unspecified atom stereocenters. The number of carbonyl (C=O) groups is 3. The zero-order valence-corrected chi connectivity index (χ0v) is 20.2. The van der Waals surface area contributed by atoms with Gasteiger partial charge in [0.25, 0.3) is 11.8 Å². The number of amides is 2. The normalized spacial score (nSPS) is 12.5. The number of benzene rings is 2. The Labute approximate surface area is 215 Å². The average molecular weight is 520 g/mol. The lowest BCUT2D eigenvalue weighted by atomic mass is 10.0. The Morgan fingerprint density at radius 1 is 1.03 bits per heavy atom. The van der Waals surface area contributed by atoms with Gasteiger partial charge in [-0.2, -0.15) is 5.10 Å². The minimum atomic E-state index is -0.894. The molecule has 9 nitrogen and oxygen atoms in total. The Balaban J connectivity index is 1.23. The molecule has 2 aromatic carbocycles. The number of anilines is 1. The van der Waals surface area contributed by atoms with E-state index in [1.807, 2.05) is 0 Å². The van der Waals surface area contributed by atoms with Gasteiger partial charge < -0.3 is 15.4 Å². The van der Waals surface area contributed by atoms with Crippen molar-refractivity contribution >= 4 is 28.9 Å². The second kappa shape index (κ2) is 10.8. The minimum Gasteiger partial charge on any atom is -0.482 e. The SMILES string of the molecule is O=C1COc2ccc(CNC(=O)c3cc(C(=O)CCCCc4ccc(F)c(F)c4)n4nccc4n3)cc2N1. The van der Waals surface area contributed by atoms with E-state index in [-0.39, 0.29) is 42.7 Å². The van der Waals surface area contributed by atoms with Crippen molar-refractivity contribution in [3.05, 3.63) is 88.9 Å². The molecule has 5 rings (SSSR count). The fourth-order valence-electron chi connectivity index (χ4n) is 4.18. The lowest BCUT2D eigenvalue weighted by molar-refractivity contribution is -0.118. The molecular weight excluding hydrogens is 496 g/mol. The summed E-state index contributed by atoms with van der Waals surface area (Å²) in [6.07, 6.45) is 3.30. The van der Waals surface area contributed by atoms with Gasteiger partial charge in [-0.05, 0) is 60.7 Å². The van der Waals surface area contributed by atoms with Gasteiger partial charge in [0.05, 0.1) is 11.9 Å². The summed E-state index contributed by atoms with van der Waals surface area (Å²) in [6.45, 7) is 0.127. The van der Waals surface area contributed by atoms with E-state index in [4.69, 9.17) is 4.74 Å². The first-order valence-electron chi connectivity index (χ1n) is 12.0. The molecule has 1 aliphatic heterocycles. The maximum atomic E-state index is 13.4. The number of Topliss-reactive ketones (excluding diaryl/α,β-unsaturated/α-hetero) is 1. The van der Waals surface area contributed by atoms with Gasteiger partial charge in [0.15, 0.2) is 29.7 Å². The molecule has 0 fully saturated rings. The monoisotopic (exact) mass is 519 g/mol. The summed E-state index contributed by atoms with van der Waals surface area (Å²) in [5.74, 6) is -2.17. The summed E-state index contributed by atoms with van der Waals surface area (Å²) in [5, 5.41) is 9.66. The quantitative estimate of drug-likeness (QED) is 0.256. The highest BCUT2D eigenvalue weighted by molar-refractivity contribution is 5.99. The van der Waals surface area contributed by atoms with E-state index < -0.39 is 17.5 Å². The van der Waals surface area contributed by atoms with Crippen LogP contribution in [0.4, 0.5) is 14.5 Å². The largest absolute Gasteiger partial charge is 0.482 e. The molecule has 3 heterocycles. The Bertz CT molecular complexity index is 1550. The van der Waals surface area contributed by atoms with Gasteiger partial charge in [-0.25, -0.2) is 18.3 Å². The van der Waals surface area contributed by atoms with Crippen LogP contribution in [0.15, 0.2) is 54.7 Å². The number of rotatable bonds is 9. The third kappa shape index (κ3) is 5.51. The van der Waals surface area contributed by atoms with Crippen LogP contribution < -0.4 is 15.4 Å². The number of aryl methyl sites for hydroxylation is 1. The molecule has 0 spiro atoms. The summed E-state index contributed by atoms with van der Waals surface area (Å²) in [6, 6.07) is 12.0. The van der Waals surface area contributed by atoms with Gasteiger partial charge >= 0.3 is 0 Å². The number of ketones is 1. The first-order chi connectivity index (χ1) is 18.4. The van der Waals surface area contributed by atoms with Crippen molar-refractivity contribution in [2.24, 2.45) is 0 Å².